The van der Waals surface area contributed by atoms with E-state index in [-0.39, 0.29) is 6.61 Å². The summed E-state index contributed by atoms with van der Waals surface area (Å²) in [5.41, 5.74) is 0. The average Bonchev–Trinajstić information content (AvgIpc) is 2.51. The number of aliphatic hydroxyl groups is 1. The maximum absolute atomic E-state index is 8.85. The fourth-order valence-corrected chi connectivity index (χ4v) is 2.03. The molecule has 1 N–H and O–H groups in total. The van der Waals surface area contributed by atoms with E-state index in [0.29, 0.717) is 6.04 Å². The Morgan fingerprint density at radius 1 is 1.54 bits per heavy atom. The van der Waals surface area contributed by atoms with Gasteiger partial charge in [-0.2, -0.15) is 0 Å². The third-order valence-corrected chi connectivity index (χ3v) is 3.00. The molecule has 78 valence electrons. The van der Waals surface area contributed by atoms with Crippen molar-refractivity contribution in [2.45, 2.75) is 25.8 Å². The van der Waals surface area contributed by atoms with Gasteiger partial charge in [0.1, 0.15) is 0 Å². The number of rotatable bonds is 5. The first-order valence-electron chi connectivity index (χ1n) is 5.31. The molecule has 1 fully saturated rings. The third-order valence-electron chi connectivity index (χ3n) is 3.00. The van der Waals surface area contributed by atoms with Gasteiger partial charge in [-0.15, -0.1) is 0 Å². The number of hydrogen-bond acceptors (Lipinski definition) is 3. The summed E-state index contributed by atoms with van der Waals surface area (Å²) in [5.74, 6) is 0. The zero-order valence-electron chi connectivity index (χ0n) is 8.87. The van der Waals surface area contributed by atoms with Gasteiger partial charge in [-0.25, -0.2) is 0 Å². The summed E-state index contributed by atoms with van der Waals surface area (Å²) in [7, 11) is 2.20. The Balaban J connectivity index is 2.27. The van der Waals surface area contributed by atoms with Gasteiger partial charge in [0.15, 0.2) is 0 Å². The third kappa shape index (κ3) is 3.25. The summed E-state index contributed by atoms with van der Waals surface area (Å²) in [5, 5.41) is 8.85. The molecule has 0 aromatic rings. The fraction of sp³-hybridized carbons (Fsp3) is 1.00. The molecule has 0 amide bonds. The van der Waals surface area contributed by atoms with E-state index in [1.807, 2.05) is 0 Å². The largest absolute Gasteiger partial charge is 0.395 e. The van der Waals surface area contributed by atoms with Crippen molar-refractivity contribution in [2.75, 3.05) is 39.8 Å². The molecule has 13 heavy (non-hydrogen) atoms. The summed E-state index contributed by atoms with van der Waals surface area (Å²) < 4.78 is 0. The van der Waals surface area contributed by atoms with Crippen LogP contribution in [0.3, 0.4) is 0 Å². The van der Waals surface area contributed by atoms with Gasteiger partial charge < -0.3 is 10.0 Å². The lowest BCUT2D eigenvalue weighted by atomic mass is 10.2. The van der Waals surface area contributed by atoms with Gasteiger partial charge >= 0.3 is 0 Å². The minimum Gasteiger partial charge on any atom is -0.395 e. The molecule has 1 heterocycles. The molecular weight excluding hydrogens is 164 g/mol. The maximum Gasteiger partial charge on any atom is 0.0558 e. The molecule has 0 aromatic carbocycles. The first-order valence-corrected chi connectivity index (χ1v) is 5.31. The molecule has 1 rings (SSSR count). The van der Waals surface area contributed by atoms with Crippen LogP contribution in [0.25, 0.3) is 0 Å². The first kappa shape index (κ1) is 11.0. The molecule has 0 bridgehead atoms. The van der Waals surface area contributed by atoms with E-state index < -0.39 is 0 Å². The smallest absolute Gasteiger partial charge is 0.0558 e. The predicted octanol–water partition coefficient (Wildman–Crippen LogP) is 0.395. The zero-order valence-corrected chi connectivity index (χ0v) is 8.87. The van der Waals surface area contributed by atoms with E-state index in [1.165, 1.54) is 19.4 Å². The van der Waals surface area contributed by atoms with Crippen LogP contribution in [0.15, 0.2) is 0 Å². The Morgan fingerprint density at radius 3 is 2.77 bits per heavy atom. The summed E-state index contributed by atoms with van der Waals surface area (Å²) in [6.07, 6.45) is 2.65. The van der Waals surface area contributed by atoms with Crippen molar-refractivity contribution in [2.24, 2.45) is 0 Å². The SMILES string of the molecule is CCN(CCO)C[C@H]1CCCN1C. The van der Waals surface area contributed by atoms with Gasteiger partial charge in [0.2, 0.25) is 0 Å². The summed E-state index contributed by atoms with van der Waals surface area (Å²) in [4.78, 5) is 4.76. The van der Waals surface area contributed by atoms with Crippen molar-refractivity contribution in [3.63, 3.8) is 0 Å². The molecule has 1 aliphatic heterocycles. The van der Waals surface area contributed by atoms with Gasteiger partial charge in [0, 0.05) is 19.1 Å². The van der Waals surface area contributed by atoms with Crippen molar-refractivity contribution in [1.82, 2.24) is 9.80 Å². The van der Waals surface area contributed by atoms with Gasteiger partial charge in [0.05, 0.1) is 6.61 Å². The van der Waals surface area contributed by atoms with E-state index in [0.717, 1.165) is 19.6 Å². The highest BCUT2D eigenvalue weighted by atomic mass is 16.3. The van der Waals surface area contributed by atoms with Crippen LogP contribution < -0.4 is 0 Å². The van der Waals surface area contributed by atoms with Crippen LogP contribution >= 0.6 is 0 Å². The first-order chi connectivity index (χ1) is 6.27. The molecule has 1 aliphatic rings. The topological polar surface area (TPSA) is 26.7 Å². The van der Waals surface area contributed by atoms with Crippen LogP contribution in [-0.2, 0) is 0 Å². The maximum atomic E-state index is 8.85. The molecule has 0 aliphatic carbocycles. The number of likely N-dealkylation sites (tertiary alicyclic amines) is 1. The van der Waals surface area contributed by atoms with Crippen LogP contribution in [-0.4, -0.2) is 60.8 Å². The summed E-state index contributed by atoms with van der Waals surface area (Å²) in [6.45, 7) is 6.66. The van der Waals surface area contributed by atoms with Crippen LogP contribution in [0.5, 0.6) is 0 Å². The lowest BCUT2D eigenvalue weighted by molar-refractivity contribution is 0.163. The van der Waals surface area contributed by atoms with Crippen molar-refractivity contribution >= 4 is 0 Å². The summed E-state index contributed by atoms with van der Waals surface area (Å²) in [6, 6.07) is 0.714. The normalized spacial score (nSPS) is 24.5. The molecule has 0 radical (unpaired) electrons. The lowest BCUT2D eigenvalue weighted by Crippen LogP contribution is -2.39. The monoisotopic (exact) mass is 186 g/mol. The van der Waals surface area contributed by atoms with Crippen LogP contribution in [0, 0.1) is 0 Å². The van der Waals surface area contributed by atoms with Crippen LogP contribution in [0.2, 0.25) is 0 Å². The quantitative estimate of drug-likeness (QED) is 0.673. The second-order valence-electron chi connectivity index (χ2n) is 3.89. The molecule has 1 atom stereocenters. The number of nitrogens with zero attached hydrogens (tertiary/aromatic N) is 2. The van der Waals surface area contributed by atoms with Gasteiger partial charge in [-0.05, 0) is 33.0 Å². The van der Waals surface area contributed by atoms with Crippen molar-refractivity contribution in [1.29, 1.82) is 0 Å². The molecule has 0 spiro atoms. The van der Waals surface area contributed by atoms with E-state index >= 15 is 0 Å². The minimum absolute atomic E-state index is 0.282. The Bertz CT molecular complexity index is 141. The molecule has 1 saturated heterocycles. The van der Waals surface area contributed by atoms with Crippen molar-refractivity contribution in [3.05, 3.63) is 0 Å². The zero-order chi connectivity index (χ0) is 9.68. The Morgan fingerprint density at radius 2 is 2.31 bits per heavy atom. The number of aliphatic hydroxyl groups excluding tert-OH is 1. The second-order valence-corrected chi connectivity index (χ2v) is 3.89. The van der Waals surface area contributed by atoms with Gasteiger partial charge in [-0.1, -0.05) is 6.92 Å². The van der Waals surface area contributed by atoms with E-state index in [4.69, 9.17) is 5.11 Å². The Labute approximate surface area is 81.3 Å². The number of hydrogen-bond donors (Lipinski definition) is 1. The van der Waals surface area contributed by atoms with E-state index in [2.05, 4.69) is 23.8 Å². The molecule has 0 aromatic heterocycles. The van der Waals surface area contributed by atoms with E-state index in [9.17, 15) is 0 Å². The molecule has 0 saturated carbocycles. The van der Waals surface area contributed by atoms with Gasteiger partial charge in [0.25, 0.3) is 0 Å². The fourth-order valence-electron chi connectivity index (χ4n) is 2.03. The summed E-state index contributed by atoms with van der Waals surface area (Å²) >= 11 is 0. The minimum atomic E-state index is 0.282. The van der Waals surface area contributed by atoms with Crippen molar-refractivity contribution in [3.8, 4) is 0 Å². The average molecular weight is 186 g/mol. The Kier molecular flexibility index (Phi) is 4.70. The molecule has 3 heteroatoms. The van der Waals surface area contributed by atoms with Crippen LogP contribution in [0.1, 0.15) is 19.8 Å². The highest BCUT2D eigenvalue weighted by Crippen LogP contribution is 2.15. The van der Waals surface area contributed by atoms with E-state index in [1.54, 1.807) is 0 Å². The highest BCUT2D eigenvalue weighted by molar-refractivity contribution is 4.79. The Hall–Kier alpha value is -0.120. The predicted molar refractivity (Wildman–Crippen MR) is 54.9 cm³/mol. The molecule has 0 unspecified atom stereocenters. The number of likely N-dealkylation sites (N-methyl/N-ethyl adjacent to an activating group) is 2. The second kappa shape index (κ2) is 5.58. The lowest BCUT2D eigenvalue weighted by Gasteiger charge is -2.27. The molecule has 3 nitrogen and oxygen atoms in total. The highest BCUT2D eigenvalue weighted by Gasteiger charge is 2.22. The standard InChI is InChI=1S/C10H22N2O/c1-3-12(7-8-13)9-10-5-4-6-11(10)2/h10,13H,3-9H2,1-2H3/t10-/m1/s1. The molecular formula is C10H22N2O. The van der Waals surface area contributed by atoms with Gasteiger partial charge in [-0.3, -0.25) is 4.90 Å². The van der Waals surface area contributed by atoms with Crippen molar-refractivity contribution < 1.29 is 5.11 Å². The van der Waals surface area contributed by atoms with Crippen LogP contribution in [0.4, 0.5) is 0 Å².